The molecule has 0 aliphatic carbocycles. The van der Waals surface area contributed by atoms with Gasteiger partial charge < -0.3 is 4.57 Å². The monoisotopic (exact) mass is 393 g/mol. The molecule has 3 nitrogen and oxygen atoms in total. The van der Waals surface area contributed by atoms with E-state index in [1.165, 1.54) is 33.3 Å². The number of pyridine rings is 1. The fourth-order valence-electron chi connectivity index (χ4n) is 5.92. The van der Waals surface area contributed by atoms with Crippen LogP contribution in [0.4, 0.5) is 0 Å². The van der Waals surface area contributed by atoms with Gasteiger partial charge in [0.2, 0.25) is 0 Å². The van der Waals surface area contributed by atoms with Crippen LogP contribution in [0.5, 0.6) is 0 Å². The van der Waals surface area contributed by atoms with Gasteiger partial charge in [-0.25, -0.2) is 0 Å². The summed E-state index contributed by atoms with van der Waals surface area (Å²) in [6.07, 6.45) is 7.41. The van der Waals surface area contributed by atoms with Crippen LogP contribution in [0.3, 0.4) is 0 Å². The van der Waals surface area contributed by atoms with Crippen LogP contribution in [0.25, 0.3) is 10.9 Å². The third kappa shape index (κ3) is 2.51. The molecule has 2 aliphatic rings. The van der Waals surface area contributed by atoms with Crippen LogP contribution < -0.4 is 0 Å². The van der Waals surface area contributed by atoms with Gasteiger partial charge in [-0.2, -0.15) is 0 Å². The summed E-state index contributed by atoms with van der Waals surface area (Å²) < 4.78 is 2.46. The Morgan fingerprint density at radius 3 is 2.50 bits per heavy atom. The third-order valence-electron chi connectivity index (χ3n) is 7.30. The van der Waals surface area contributed by atoms with E-state index in [2.05, 4.69) is 95.4 Å². The quantitative estimate of drug-likeness (QED) is 0.456. The first-order valence-electron chi connectivity index (χ1n) is 11.1. The van der Waals surface area contributed by atoms with Crippen molar-refractivity contribution < 1.29 is 0 Å². The number of hydrogen-bond donors (Lipinski definition) is 0. The summed E-state index contributed by atoms with van der Waals surface area (Å²) in [4.78, 5) is 7.39. The molecule has 2 aliphatic heterocycles. The van der Waals surface area contributed by atoms with E-state index in [4.69, 9.17) is 0 Å². The summed E-state index contributed by atoms with van der Waals surface area (Å²) in [7, 11) is 2.25. The first-order chi connectivity index (χ1) is 14.8. The van der Waals surface area contributed by atoms with Gasteiger partial charge in [0, 0.05) is 48.6 Å². The van der Waals surface area contributed by atoms with Crippen molar-refractivity contribution in [3.8, 4) is 0 Å². The Kier molecular flexibility index (Phi) is 4.07. The average Bonchev–Trinajstić information content (AvgIpc) is 3.06. The lowest BCUT2D eigenvalue weighted by atomic mass is 9.77. The molecule has 0 fully saturated rings. The molecule has 2 atom stereocenters. The molecule has 0 amide bonds. The van der Waals surface area contributed by atoms with Crippen molar-refractivity contribution in [2.75, 3.05) is 0 Å². The summed E-state index contributed by atoms with van der Waals surface area (Å²) in [5.74, 6) is 0. The average molecular weight is 394 g/mol. The Bertz CT molecular complexity index is 1240. The zero-order valence-electron chi connectivity index (χ0n) is 17.7. The predicted molar refractivity (Wildman–Crippen MR) is 121 cm³/mol. The second-order valence-electron chi connectivity index (χ2n) is 8.76. The maximum absolute atomic E-state index is 4.65. The number of nitrogens with zero attached hydrogens (tertiary/aromatic N) is 3. The minimum atomic E-state index is 0.385. The molecule has 4 aromatic rings. The van der Waals surface area contributed by atoms with E-state index in [0.29, 0.717) is 12.1 Å². The summed E-state index contributed by atoms with van der Waals surface area (Å²) in [5.41, 5.74) is 10.2. The van der Waals surface area contributed by atoms with E-state index in [1.54, 1.807) is 11.1 Å². The molecule has 2 aromatic carbocycles. The largest absolute Gasteiger partial charge is 0.346 e. The van der Waals surface area contributed by atoms with E-state index in [9.17, 15) is 0 Å². The van der Waals surface area contributed by atoms with Gasteiger partial charge in [0.1, 0.15) is 0 Å². The molecular formula is C27H27N3. The fourth-order valence-corrected chi connectivity index (χ4v) is 5.92. The van der Waals surface area contributed by atoms with Gasteiger partial charge in [-0.15, -0.1) is 0 Å². The molecule has 0 saturated heterocycles. The molecule has 4 heterocycles. The zero-order valence-corrected chi connectivity index (χ0v) is 17.7. The number of aryl methyl sites for hydroxylation is 2. The standard InChI is InChI=1S/C27H27N3/c1-3-19-15-28-16-23-21(19)13-26-27-22(20-11-7-8-12-24(20)29(27)2)14-25(23)30(26)17-18-9-5-4-6-10-18/h4-12,15-16,25-26H,3,13-14,17H2,1-2H3/t25-,26-/m0/s1. The van der Waals surface area contributed by atoms with Crippen molar-refractivity contribution in [3.05, 3.63) is 101 Å². The minimum Gasteiger partial charge on any atom is -0.346 e. The van der Waals surface area contributed by atoms with E-state index < -0.39 is 0 Å². The Balaban J connectivity index is 1.56. The predicted octanol–water partition coefficient (Wildman–Crippen LogP) is 5.53. The molecule has 2 bridgehead atoms. The third-order valence-corrected chi connectivity index (χ3v) is 7.30. The molecule has 0 unspecified atom stereocenters. The second kappa shape index (κ2) is 6.82. The molecule has 6 rings (SSSR count). The lowest BCUT2D eigenvalue weighted by Gasteiger charge is -2.47. The van der Waals surface area contributed by atoms with E-state index in [1.807, 2.05) is 0 Å². The van der Waals surface area contributed by atoms with Gasteiger partial charge in [0.25, 0.3) is 0 Å². The molecule has 3 heteroatoms. The van der Waals surface area contributed by atoms with Crippen molar-refractivity contribution in [3.63, 3.8) is 0 Å². The first-order valence-corrected chi connectivity index (χ1v) is 11.1. The van der Waals surface area contributed by atoms with Gasteiger partial charge in [0.05, 0.1) is 6.04 Å². The molecule has 150 valence electrons. The molecular weight excluding hydrogens is 366 g/mol. The van der Waals surface area contributed by atoms with Crippen LogP contribution in [0, 0.1) is 0 Å². The van der Waals surface area contributed by atoms with Crippen LogP contribution in [-0.2, 0) is 32.9 Å². The van der Waals surface area contributed by atoms with Crippen molar-refractivity contribution in [1.82, 2.24) is 14.5 Å². The van der Waals surface area contributed by atoms with Gasteiger partial charge in [-0.05, 0) is 53.1 Å². The lowest BCUT2D eigenvalue weighted by molar-refractivity contribution is 0.0876. The Labute approximate surface area is 178 Å². The SMILES string of the molecule is CCc1cncc2c1C[C@H]1c3c(c4ccccc4n3C)C[C@@H]2N1Cc1ccccc1. The normalized spacial score (nSPS) is 20.2. The molecule has 0 N–H and O–H groups in total. The molecule has 0 radical (unpaired) electrons. The van der Waals surface area contributed by atoms with Crippen molar-refractivity contribution in [2.24, 2.45) is 7.05 Å². The van der Waals surface area contributed by atoms with Crippen LogP contribution in [0.1, 0.15) is 52.5 Å². The smallest absolute Gasteiger partial charge is 0.0553 e. The van der Waals surface area contributed by atoms with Crippen molar-refractivity contribution >= 4 is 10.9 Å². The number of para-hydroxylation sites is 1. The fraction of sp³-hybridized carbons (Fsp3) is 0.296. The number of hydrogen-bond acceptors (Lipinski definition) is 2. The van der Waals surface area contributed by atoms with Crippen molar-refractivity contribution in [2.45, 2.75) is 44.8 Å². The minimum absolute atomic E-state index is 0.385. The van der Waals surface area contributed by atoms with E-state index in [-0.39, 0.29) is 0 Å². The molecule has 0 saturated carbocycles. The van der Waals surface area contributed by atoms with Crippen LogP contribution in [0.2, 0.25) is 0 Å². The number of fused-ring (bicyclic) bond motifs is 8. The lowest BCUT2D eigenvalue weighted by Crippen LogP contribution is -2.43. The Morgan fingerprint density at radius 1 is 0.900 bits per heavy atom. The highest BCUT2D eigenvalue weighted by Crippen LogP contribution is 2.50. The summed E-state index contributed by atoms with van der Waals surface area (Å²) >= 11 is 0. The van der Waals surface area contributed by atoms with Crippen LogP contribution >= 0.6 is 0 Å². The summed E-state index contributed by atoms with van der Waals surface area (Å²) in [6, 6.07) is 20.6. The highest BCUT2D eigenvalue weighted by molar-refractivity contribution is 5.86. The summed E-state index contributed by atoms with van der Waals surface area (Å²) in [5, 5.41) is 1.42. The molecule has 0 spiro atoms. The van der Waals surface area contributed by atoms with Gasteiger partial charge >= 0.3 is 0 Å². The highest BCUT2D eigenvalue weighted by atomic mass is 15.2. The Morgan fingerprint density at radius 2 is 1.67 bits per heavy atom. The molecule has 2 aromatic heterocycles. The van der Waals surface area contributed by atoms with E-state index in [0.717, 1.165) is 25.8 Å². The Hall–Kier alpha value is -2.91. The maximum Gasteiger partial charge on any atom is 0.0553 e. The van der Waals surface area contributed by atoms with Gasteiger partial charge in [0.15, 0.2) is 0 Å². The maximum atomic E-state index is 4.65. The first kappa shape index (κ1) is 17.9. The topological polar surface area (TPSA) is 21.1 Å². The van der Waals surface area contributed by atoms with Crippen molar-refractivity contribution in [1.29, 1.82) is 0 Å². The van der Waals surface area contributed by atoms with Crippen LogP contribution in [0.15, 0.2) is 67.0 Å². The zero-order chi connectivity index (χ0) is 20.2. The van der Waals surface area contributed by atoms with Gasteiger partial charge in [-0.3, -0.25) is 9.88 Å². The number of rotatable bonds is 3. The van der Waals surface area contributed by atoms with Gasteiger partial charge in [-0.1, -0.05) is 55.5 Å². The molecule has 30 heavy (non-hydrogen) atoms. The second-order valence-corrected chi connectivity index (χ2v) is 8.76. The number of aromatic nitrogens is 2. The highest BCUT2D eigenvalue weighted by Gasteiger charge is 2.43. The summed E-state index contributed by atoms with van der Waals surface area (Å²) in [6.45, 7) is 3.23. The number of benzene rings is 2. The van der Waals surface area contributed by atoms with Crippen LogP contribution in [-0.4, -0.2) is 14.5 Å². The van der Waals surface area contributed by atoms with E-state index >= 15 is 0 Å².